The molecule has 1 aromatic carbocycles. The van der Waals surface area contributed by atoms with Gasteiger partial charge < -0.3 is 15.2 Å². The normalized spacial score (nSPS) is 18.4. The van der Waals surface area contributed by atoms with Gasteiger partial charge in [-0.2, -0.15) is 0 Å². The van der Waals surface area contributed by atoms with E-state index in [1.54, 1.807) is 7.11 Å². The minimum Gasteiger partial charge on any atom is -0.495 e. The zero-order valence-corrected chi connectivity index (χ0v) is 12.3. The highest BCUT2D eigenvalue weighted by Gasteiger charge is 2.28. The lowest BCUT2D eigenvalue weighted by Gasteiger charge is -2.32. The molecule has 0 unspecified atom stereocenters. The van der Waals surface area contributed by atoms with E-state index in [9.17, 15) is 5.11 Å². The molecule has 0 aliphatic heterocycles. The summed E-state index contributed by atoms with van der Waals surface area (Å²) >= 11 is 3.45. The molecule has 18 heavy (non-hydrogen) atoms. The van der Waals surface area contributed by atoms with Gasteiger partial charge in [0.15, 0.2) is 0 Å². The van der Waals surface area contributed by atoms with Gasteiger partial charge in [0.05, 0.1) is 18.4 Å². The molecule has 3 nitrogen and oxygen atoms in total. The molecule has 1 saturated carbocycles. The minimum absolute atomic E-state index is 0.564. The first-order valence-electron chi connectivity index (χ1n) is 6.43. The summed E-state index contributed by atoms with van der Waals surface area (Å²) in [5.74, 6) is 0.803. The summed E-state index contributed by atoms with van der Waals surface area (Å²) in [4.78, 5) is 0. The molecule has 0 spiro atoms. The van der Waals surface area contributed by atoms with Crippen LogP contribution < -0.4 is 10.1 Å². The number of halogens is 1. The summed E-state index contributed by atoms with van der Waals surface area (Å²) in [5.41, 5.74) is 0.358. The second kappa shape index (κ2) is 5.93. The third-order valence-electron chi connectivity index (χ3n) is 3.55. The molecule has 4 heteroatoms. The fourth-order valence-corrected chi connectivity index (χ4v) is 2.83. The molecule has 0 aromatic heterocycles. The van der Waals surface area contributed by atoms with E-state index in [-0.39, 0.29) is 0 Å². The number of benzene rings is 1. The van der Waals surface area contributed by atoms with Crippen LogP contribution in [0.1, 0.15) is 32.1 Å². The fourth-order valence-electron chi connectivity index (χ4n) is 2.46. The molecule has 1 aliphatic carbocycles. The topological polar surface area (TPSA) is 41.5 Å². The van der Waals surface area contributed by atoms with Gasteiger partial charge in [-0.3, -0.25) is 0 Å². The molecule has 0 radical (unpaired) electrons. The summed E-state index contributed by atoms with van der Waals surface area (Å²) in [6.07, 6.45) is 5.25. The predicted molar refractivity (Wildman–Crippen MR) is 77.2 cm³/mol. The zero-order chi connectivity index (χ0) is 13.0. The van der Waals surface area contributed by atoms with Crippen molar-refractivity contribution in [3.63, 3.8) is 0 Å². The van der Waals surface area contributed by atoms with E-state index in [1.165, 1.54) is 6.42 Å². The molecule has 0 saturated heterocycles. The van der Waals surface area contributed by atoms with Crippen LogP contribution in [-0.4, -0.2) is 24.4 Å². The Morgan fingerprint density at radius 1 is 1.33 bits per heavy atom. The molecule has 0 bridgehead atoms. The van der Waals surface area contributed by atoms with Crippen molar-refractivity contribution >= 4 is 21.6 Å². The van der Waals surface area contributed by atoms with Gasteiger partial charge in [-0.1, -0.05) is 35.2 Å². The number of hydrogen-bond acceptors (Lipinski definition) is 3. The SMILES string of the molecule is COc1ccc(Br)cc1NCC1(O)CCCCC1. The smallest absolute Gasteiger partial charge is 0.142 e. The highest BCUT2D eigenvalue weighted by atomic mass is 79.9. The van der Waals surface area contributed by atoms with Crippen molar-refractivity contribution in [2.75, 3.05) is 19.0 Å². The van der Waals surface area contributed by atoms with Gasteiger partial charge in [0.25, 0.3) is 0 Å². The molecule has 0 atom stereocenters. The molecule has 1 aliphatic rings. The summed E-state index contributed by atoms with van der Waals surface area (Å²) in [7, 11) is 1.66. The van der Waals surface area contributed by atoms with Gasteiger partial charge in [0.2, 0.25) is 0 Å². The van der Waals surface area contributed by atoms with Crippen molar-refractivity contribution in [2.45, 2.75) is 37.7 Å². The van der Waals surface area contributed by atoms with E-state index < -0.39 is 5.60 Å². The molecular weight excluding hydrogens is 294 g/mol. The zero-order valence-electron chi connectivity index (χ0n) is 10.7. The standard InChI is InChI=1S/C14H20BrNO2/c1-18-13-6-5-11(15)9-12(13)16-10-14(17)7-3-2-4-8-14/h5-6,9,16-17H,2-4,7-8,10H2,1H3. The van der Waals surface area contributed by atoms with E-state index in [1.807, 2.05) is 18.2 Å². The molecule has 1 fully saturated rings. The minimum atomic E-state index is -0.564. The second-order valence-corrected chi connectivity index (χ2v) is 5.90. The molecule has 0 amide bonds. The van der Waals surface area contributed by atoms with Gasteiger partial charge in [0, 0.05) is 11.0 Å². The summed E-state index contributed by atoms with van der Waals surface area (Å²) < 4.78 is 6.31. The molecule has 2 N–H and O–H groups in total. The number of rotatable bonds is 4. The van der Waals surface area contributed by atoms with Crippen LogP contribution in [0, 0.1) is 0 Å². The van der Waals surface area contributed by atoms with E-state index in [2.05, 4.69) is 21.2 Å². The Hall–Kier alpha value is -0.740. The third kappa shape index (κ3) is 3.39. The van der Waals surface area contributed by atoms with Crippen LogP contribution in [0.2, 0.25) is 0 Å². The number of ether oxygens (including phenoxy) is 1. The predicted octanol–water partition coefficient (Wildman–Crippen LogP) is 3.56. The lowest BCUT2D eigenvalue weighted by Crippen LogP contribution is -2.38. The highest BCUT2D eigenvalue weighted by Crippen LogP contribution is 2.31. The van der Waals surface area contributed by atoms with Crippen LogP contribution in [0.15, 0.2) is 22.7 Å². The molecule has 2 rings (SSSR count). The van der Waals surface area contributed by atoms with Crippen molar-refractivity contribution in [1.82, 2.24) is 0 Å². The Morgan fingerprint density at radius 3 is 2.72 bits per heavy atom. The maximum atomic E-state index is 10.5. The van der Waals surface area contributed by atoms with Gasteiger partial charge >= 0.3 is 0 Å². The quantitative estimate of drug-likeness (QED) is 0.893. The average Bonchev–Trinajstić information content (AvgIpc) is 2.38. The first kappa shape index (κ1) is 13.7. The van der Waals surface area contributed by atoms with Gasteiger partial charge in [-0.25, -0.2) is 0 Å². The molecule has 0 heterocycles. The van der Waals surface area contributed by atoms with Crippen LogP contribution in [0.25, 0.3) is 0 Å². The molecule has 1 aromatic rings. The van der Waals surface area contributed by atoms with Gasteiger partial charge in [0.1, 0.15) is 5.75 Å². The number of anilines is 1. The number of aliphatic hydroxyl groups is 1. The van der Waals surface area contributed by atoms with Crippen LogP contribution in [0.5, 0.6) is 5.75 Å². The second-order valence-electron chi connectivity index (χ2n) is 4.98. The average molecular weight is 314 g/mol. The monoisotopic (exact) mass is 313 g/mol. The van der Waals surface area contributed by atoms with E-state index >= 15 is 0 Å². The first-order chi connectivity index (χ1) is 8.63. The third-order valence-corrected chi connectivity index (χ3v) is 4.05. The Kier molecular flexibility index (Phi) is 4.51. The maximum Gasteiger partial charge on any atom is 0.142 e. The lowest BCUT2D eigenvalue weighted by molar-refractivity contribution is 0.0167. The van der Waals surface area contributed by atoms with E-state index in [4.69, 9.17) is 4.74 Å². The van der Waals surface area contributed by atoms with Crippen LogP contribution in [0.4, 0.5) is 5.69 Å². The largest absolute Gasteiger partial charge is 0.495 e. The fraction of sp³-hybridized carbons (Fsp3) is 0.571. The molecule has 100 valence electrons. The lowest BCUT2D eigenvalue weighted by atomic mass is 9.85. The first-order valence-corrected chi connectivity index (χ1v) is 7.22. The van der Waals surface area contributed by atoms with Crippen LogP contribution in [0.3, 0.4) is 0 Å². The van der Waals surface area contributed by atoms with Crippen molar-refractivity contribution in [1.29, 1.82) is 0 Å². The highest BCUT2D eigenvalue weighted by molar-refractivity contribution is 9.10. The molecular formula is C14H20BrNO2. The maximum absolute atomic E-state index is 10.5. The number of hydrogen-bond donors (Lipinski definition) is 2. The van der Waals surface area contributed by atoms with Crippen molar-refractivity contribution < 1.29 is 9.84 Å². The Bertz CT molecular complexity index is 403. The van der Waals surface area contributed by atoms with Crippen molar-refractivity contribution in [3.05, 3.63) is 22.7 Å². The van der Waals surface area contributed by atoms with Crippen LogP contribution in [-0.2, 0) is 0 Å². The summed E-state index contributed by atoms with van der Waals surface area (Å²) in [5, 5.41) is 13.8. The van der Waals surface area contributed by atoms with Gasteiger partial charge in [-0.05, 0) is 31.0 Å². The summed E-state index contributed by atoms with van der Waals surface area (Å²) in [6.45, 7) is 0.583. The Labute approximate surface area is 117 Å². The Morgan fingerprint density at radius 2 is 2.06 bits per heavy atom. The van der Waals surface area contributed by atoms with Gasteiger partial charge in [-0.15, -0.1) is 0 Å². The number of methoxy groups -OCH3 is 1. The summed E-state index contributed by atoms with van der Waals surface area (Å²) in [6, 6.07) is 5.84. The number of nitrogens with one attached hydrogen (secondary N) is 1. The van der Waals surface area contributed by atoms with E-state index in [0.29, 0.717) is 6.54 Å². The van der Waals surface area contributed by atoms with Crippen LogP contribution >= 0.6 is 15.9 Å². The van der Waals surface area contributed by atoms with E-state index in [0.717, 1.165) is 41.6 Å². The van der Waals surface area contributed by atoms with Crippen molar-refractivity contribution in [2.24, 2.45) is 0 Å². The Balaban J connectivity index is 2.02. The van der Waals surface area contributed by atoms with Crippen molar-refractivity contribution in [3.8, 4) is 5.75 Å².